The molecule has 9 atom stereocenters. The van der Waals surface area contributed by atoms with Crippen LogP contribution in [0.25, 0.3) is 0 Å². The minimum absolute atomic E-state index is 0.265. The van der Waals surface area contributed by atoms with Gasteiger partial charge in [0.2, 0.25) is 5.91 Å². The molecule has 0 aromatic heterocycles. The Hall–Kier alpha value is -1.15. The van der Waals surface area contributed by atoms with E-state index in [0.717, 1.165) is 38.5 Å². The van der Waals surface area contributed by atoms with Crippen molar-refractivity contribution in [3.8, 4) is 0 Å². The van der Waals surface area contributed by atoms with Crippen LogP contribution in [0.15, 0.2) is 12.2 Å². The minimum Gasteiger partial charge on any atom is -0.394 e. The van der Waals surface area contributed by atoms with Gasteiger partial charge in [-0.1, -0.05) is 341 Å². The van der Waals surface area contributed by atoms with E-state index in [0.29, 0.717) is 19.3 Å². The molecule has 82 heavy (non-hydrogen) atoms. The van der Waals surface area contributed by atoms with E-state index in [1.165, 1.54) is 289 Å². The molecular weight excluding hydrogens is 1030 g/mol. The summed E-state index contributed by atoms with van der Waals surface area (Å²) in [5, 5.41) is 76.6. The van der Waals surface area contributed by atoms with Gasteiger partial charge in [-0.25, -0.2) is 0 Å². The second-order valence-corrected chi connectivity index (χ2v) is 25.7. The van der Waals surface area contributed by atoms with Crippen molar-refractivity contribution in [3.05, 3.63) is 12.2 Å². The number of unbranched alkanes of at least 4 members (excludes halogenated alkanes) is 50. The number of aliphatic hydroxyl groups is 7. The molecule has 0 aliphatic carbocycles. The summed E-state index contributed by atoms with van der Waals surface area (Å²) in [6, 6.07) is -1.17. The monoisotopic (exact) mass is 1170 g/mol. The lowest BCUT2D eigenvalue weighted by Gasteiger charge is -2.40. The SMILES string of the molecule is CCCCCCCCCCCCCC/C=C\CCCCCCCCCCCCCCCCCCC(O)C(=O)NC(COC1OC(CO)C(O)C(O)C1O)C(O)C(O)CCCCCCCCCCCCCCCCCCCCCCCCC. The Balaban J connectivity index is 2.17. The third kappa shape index (κ3) is 47.0. The third-order valence-electron chi connectivity index (χ3n) is 17.8. The zero-order valence-corrected chi connectivity index (χ0v) is 54.0. The Kier molecular flexibility index (Phi) is 57.8. The highest BCUT2D eigenvalue weighted by Crippen LogP contribution is 2.24. The smallest absolute Gasteiger partial charge is 0.249 e. The highest BCUT2D eigenvalue weighted by molar-refractivity contribution is 5.80. The van der Waals surface area contributed by atoms with E-state index in [4.69, 9.17) is 9.47 Å². The molecule has 11 heteroatoms. The molecule has 8 N–H and O–H groups in total. The zero-order valence-electron chi connectivity index (χ0n) is 54.0. The first-order valence-corrected chi connectivity index (χ1v) is 36.1. The normalized spacial score (nSPS) is 19.1. The Labute approximate surface area is 506 Å². The van der Waals surface area contributed by atoms with Crippen LogP contribution in [0, 0.1) is 0 Å². The van der Waals surface area contributed by atoms with Crippen molar-refractivity contribution in [1.82, 2.24) is 5.32 Å². The van der Waals surface area contributed by atoms with Gasteiger partial charge < -0.3 is 50.5 Å². The second kappa shape index (κ2) is 60.1. The third-order valence-corrected chi connectivity index (χ3v) is 17.8. The van der Waals surface area contributed by atoms with E-state index in [-0.39, 0.29) is 6.42 Å². The largest absolute Gasteiger partial charge is 0.394 e. The van der Waals surface area contributed by atoms with E-state index in [1.54, 1.807) is 0 Å². The predicted molar refractivity (Wildman–Crippen MR) is 344 cm³/mol. The van der Waals surface area contributed by atoms with Crippen LogP contribution in [0.1, 0.15) is 367 Å². The Bertz CT molecular complexity index is 1340. The molecule has 11 nitrogen and oxygen atoms in total. The molecule has 1 aliphatic heterocycles. The van der Waals surface area contributed by atoms with Crippen molar-refractivity contribution in [2.45, 2.75) is 422 Å². The van der Waals surface area contributed by atoms with Crippen molar-refractivity contribution >= 4 is 5.91 Å². The molecule has 0 aromatic carbocycles. The van der Waals surface area contributed by atoms with Gasteiger partial charge in [-0.2, -0.15) is 0 Å². The van der Waals surface area contributed by atoms with Crippen molar-refractivity contribution in [1.29, 1.82) is 0 Å². The molecule has 0 aromatic rings. The van der Waals surface area contributed by atoms with Gasteiger partial charge in [0.1, 0.15) is 36.6 Å². The van der Waals surface area contributed by atoms with Gasteiger partial charge in [-0.15, -0.1) is 0 Å². The quantitative estimate of drug-likeness (QED) is 0.0215. The van der Waals surface area contributed by atoms with E-state index in [1.807, 2.05) is 0 Å². The fraction of sp³-hybridized carbons (Fsp3) is 0.958. The van der Waals surface area contributed by atoms with Gasteiger partial charge in [0.05, 0.1) is 25.4 Å². The van der Waals surface area contributed by atoms with Gasteiger partial charge in [-0.05, 0) is 38.5 Å². The summed E-state index contributed by atoms with van der Waals surface area (Å²) in [5.74, 6) is -0.688. The fourth-order valence-corrected chi connectivity index (χ4v) is 12.0. The van der Waals surface area contributed by atoms with Crippen LogP contribution in [-0.2, 0) is 14.3 Å². The molecule has 1 rings (SSSR count). The summed E-state index contributed by atoms with van der Waals surface area (Å²) in [4.78, 5) is 13.3. The number of nitrogens with one attached hydrogen (secondary N) is 1. The predicted octanol–water partition coefficient (Wildman–Crippen LogP) is 17.4. The molecule has 1 saturated heterocycles. The van der Waals surface area contributed by atoms with E-state index < -0.39 is 74.2 Å². The molecule has 488 valence electrons. The van der Waals surface area contributed by atoms with E-state index >= 15 is 0 Å². The maximum atomic E-state index is 13.3. The maximum Gasteiger partial charge on any atom is 0.249 e. The average Bonchev–Trinajstić information content (AvgIpc) is 3.49. The molecule has 0 saturated carbocycles. The molecule has 1 amide bonds. The molecule has 0 radical (unpaired) electrons. The number of hydrogen-bond donors (Lipinski definition) is 8. The van der Waals surface area contributed by atoms with Gasteiger partial charge in [-0.3, -0.25) is 4.79 Å². The first kappa shape index (κ1) is 78.9. The lowest BCUT2D eigenvalue weighted by atomic mass is 9.98. The van der Waals surface area contributed by atoms with Crippen molar-refractivity contribution < 1.29 is 50.0 Å². The highest BCUT2D eigenvalue weighted by atomic mass is 16.7. The second-order valence-electron chi connectivity index (χ2n) is 25.7. The molecule has 0 bridgehead atoms. The number of allylic oxidation sites excluding steroid dienone is 2. The molecule has 9 unspecified atom stereocenters. The van der Waals surface area contributed by atoms with Gasteiger partial charge >= 0.3 is 0 Å². The van der Waals surface area contributed by atoms with Crippen LogP contribution in [0.2, 0.25) is 0 Å². The number of rotatable bonds is 64. The summed E-state index contributed by atoms with van der Waals surface area (Å²) in [5.41, 5.74) is 0. The number of amides is 1. The van der Waals surface area contributed by atoms with Crippen LogP contribution in [-0.4, -0.2) is 110 Å². The van der Waals surface area contributed by atoms with Gasteiger partial charge in [0.15, 0.2) is 6.29 Å². The maximum absolute atomic E-state index is 13.3. The molecule has 1 aliphatic rings. The number of aliphatic hydroxyl groups excluding tert-OH is 7. The van der Waals surface area contributed by atoms with Gasteiger partial charge in [0.25, 0.3) is 0 Å². The summed E-state index contributed by atoms with van der Waals surface area (Å²) >= 11 is 0. The fourth-order valence-electron chi connectivity index (χ4n) is 12.0. The average molecular weight is 1170 g/mol. The van der Waals surface area contributed by atoms with Gasteiger partial charge in [0, 0.05) is 0 Å². The summed E-state index contributed by atoms with van der Waals surface area (Å²) in [6.07, 6.45) is 63.0. The number of carbonyl (C=O) groups is 1. The van der Waals surface area contributed by atoms with Crippen molar-refractivity contribution in [2.75, 3.05) is 13.2 Å². The molecule has 1 fully saturated rings. The standard InChI is InChI=1S/C71H139NO10/c1-3-5-7-9-11-13-15-17-19-21-23-25-27-28-29-30-31-32-33-34-35-37-39-41-43-45-47-49-51-53-55-57-59-64(75)70(80)72-62(61-81-71-69(79)68(78)67(77)65(60-73)82-71)66(76)63(74)58-56-54-52-50-48-46-44-42-40-38-36-26-24-22-20-18-16-14-12-10-8-6-4-2/h28-29,62-69,71,73-79H,3-27,30-61H2,1-2H3,(H,72,80)/b29-28-. The first-order chi connectivity index (χ1) is 40.2. The Morgan fingerprint density at radius 2 is 0.707 bits per heavy atom. The first-order valence-electron chi connectivity index (χ1n) is 36.1. The number of ether oxygens (including phenoxy) is 2. The Morgan fingerprint density at radius 1 is 0.415 bits per heavy atom. The summed E-state index contributed by atoms with van der Waals surface area (Å²) < 4.78 is 11.2. The van der Waals surface area contributed by atoms with E-state index in [2.05, 4.69) is 31.3 Å². The van der Waals surface area contributed by atoms with Crippen LogP contribution in [0.3, 0.4) is 0 Å². The van der Waals surface area contributed by atoms with Crippen molar-refractivity contribution in [3.63, 3.8) is 0 Å². The molecule has 1 heterocycles. The minimum atomic E-state index is -1.66. The summed E-state index contributed by atoms with van der Waals surface area (Å²) in [6.45, 7) is 3.52. The lowest BCUT2D eigenvalue weighted by molar-refractivity contribution is -0.303. The number of carbonyl (C=O) groups excluding carboxylic acids is 1. The molecule has 0 spiro atoms. The van der Waals surface area contributed by atoms with Crippen LogP contribution >= 0.6 is 0 Å². The number of hydrogen-bond acceptors (Lipinski definition) is 10. The van der Waals surface area contributed by atoms with Crippen molar-refractivity contribution in [2.24, 2.45) is 0 Å². The molecular formula is C71H139NO10. The van der Waals surface area contributed by atoms with Crippen LogP contribution in [0.4, 0.5) is 0 Å². The summed E-state index contributed by atoms with van der Waals surface area (Å²) in [7, 11) is 0. The van der Waals surface area contributed by atoms with E-state index in [9.17, 15) is 40.5 Å². The lowest BCUT2D eigenvalue weighted by Crippen LogP contribution is -2.60. The van der Waals surface area contributed by atoms with Crippen LogP contribution < -0.4 is 5.32 Å². The zero-order chi connectivity index (χ0) is 59.6. The topological polar surface area (TPSA) is 189 Å². The van der Waals surface area contributed by atoms with Crippen LogP contribution in [0.5, 0.6) is 0 Å². The highest BCUT2D eigenvalue weighted by Gasteiger charge is 2.44. The Morgan fingerprint density at radius 3 is 1.02 bits per heavy atom.